The van der Waals surface area contributed by atoms with Crippen molar-refractivity contribution in [3.8, 4) is 0 Å². The first-order valence-corrected chi connectivity index (χ1v) is 6.56. The molecule has 1 heterocycles. The second kappa shape index (κ2) is 5.98. The Kier molecular flexibility index (Phi) is 4.30. The molecule has 1 aromatic heterocycles. The molecule has 2 aromatic rings. The molecule has 110 valence electrons. The molecule has 0 spiro atoms. The zero-order chi connectivity index (χ0) is 15.6. The molecule has 0 atom stereocenters. The van der Waals surface area contributed by atoms with Gasteiger partial charge in [0.2, 0.25) is 0 Å². The Hall–Kier alpha value is -2.32. The van der Waals surface area contributed by atoms with Crippen LogP contribution >= 0.6 is 0 Å². The van der Waals surface area contributed by atoms with Gasteiger partial charge >= 0.3 is 7.12 Å². The molecule has 2 rings (SSSR count). The van der Waals surface area contributed by atoms with Gasteiger partial charge in [-0.1, -0.05) is 25.1 Å². The number of H-pyrrole nitrogens is 1. The Bertz CT molecular complexity index is 742. The summed E-state index contributed by atoms with van der Waals surface area (Å²) in [6.07, 6.45) is 0.734. The molecule has 21 heavy (non-hydrogen) atoms. The van der Waals surface area contributed by atoms with Crippen molar-refractivity contribution >= 4 is 35.1 Å². The van der Waals surface area contributed by atoms with E-state index in [2.05, 4.69) is 10.3 Å². The van der Waals surface area contributed by atoms with Gasteiger partial charge in [0.25, 0.3) is 11.5 Å². The molecule has 0 radical (unpaired) electrons. The second-order valence-electron chi connectivity index (χ2n) is 4.64. The number of anilines is 1. The first kappa shape index (κ1) is 15.1. The standard InChI is InChI=1S/C13H16BN3O4/c1-2-6-16-12(18)9-10(15)7-4-3-5-8(14(20)21)11(7)17-13(9)19/h3-5,20-21H,2,6H2,1H3,(H,16,18)(H3,15,17,19). The molecule has 0 saturated heterocycles. The fourth-order valence-electron chi connectivity index (χ4n) is 2.13. The number of fused-ring (bicyclic) bond motifs is 1. The van der Waals surface area contributed by atoms with Gasteiger partial charge in [0.15, 0.2) is 0 Å². The van der Waals surface area contributed by atoms with Crippen molar-refractivity contribution in [1.82, 2.24) is 10.3 Å². The summed E-state index contributed by atoms with van der Waals surface area (Å²) in [7, 11) is -1.75. The number of hydrogen-bond acceptors (Lipinski definition) is 5. The van der Waals surface area contributed by atoms with Crippen LogP contribution in [0.4, 0.5) is 5.69 Å². The van der Waals surface area contributed by atoms with E-state index in [0.717, 1.165) is 6.42 Å². The van der Waals surface area contributed by atoms with Crippen LogP contribution in [0.15, 0.2) is 23.0 Å². The third kappa shape index (κ3) is 2.76. The van der Waals surface area contributed by atoms with Crippen LogP contribution in [0.25, 0.3) is 10.9 Å². The second-order valence-corrected chi connectivity index (χ2v) is 4.64. The molecule has 0 aliphatic heterocycles. The summed E-state index contributed by atoms with van der Waals surface area (Å²) >= 11 is 0. The minimum atomic E-state index is -1.75. The molecule has 0 fully saturated rings. The van der Waals surface area contributed by atoms with Crippen molar-refractivity contribution in [3.05, 3.63) is 34.1 Å². The van der Waals surface area contributed by atoms with Gasteiger partial charge in [-0.2, -0.15) is 0 Å². The number of pyridine rings is 1. The lowest BCUT2D eigenvalue weighted by atomic mass is 9.78. The Morgan fingerprint density at radius 1 is 1.43 bits per heavy atom. The first-order valence-electron chi connectivity index (χ1n) is 6.56. The third-order valence-corrected chi connectivity index (χ3v) is 3.16. The van der Waals surface area contributed by atoms with E-state index in [1.165, 1.54) is 6.07 Å². The number of amides is 1. The summed E-state index contributed by atoms with van der Waals surface area (Å²) in [6, 6.07) is 4.63. The van der Waals surface area contributed by atoms with Crippen LogP contribution in [-0.4, -0.2) is 34.6 Å². The first-order chi connectivity index (χ1) is 9.97. The van der Waals surface area contributed by atoms with Crippen LogP contribution in [0.5, 0.6) is 0 Å². The molecule has 0 aliphatic carbocycles. The molecule has 6 N–H and O–H groups in total. The van der Waals surface area contributed by atoms with E-state index in [9.17, 15) is 19.6 Å². The van der Waals surface area contributed by atoms with E-state index in [4.69, 9.17) is 5.73 Å². The van der Waals surface area contributed by atoms with E-state index in [1.54, 1.807) is 12.1 Å². The monoisotopic (exact) mass is 289 g/mol. The maximum absolute atomic E-state index is 12.1. The van der Waals surface area contributed by atoms with Crippen LogP contribution in [0.2, 0.25) is 0 Å². The fourth-order valence-corrected chi connectivity index (χ4v) is 2.13. The van der Waals surface area contributed by atoms with Gasteiger partial charge < -0.3 is 26.1 Å². The number of aromatic amines is 1. The smallest absolute Gasteiger partial charge is 0.423 e. The Morgan fingerprint density at radius 2 is 2.14 bits per heavy atom. The molecule has 8 heteroatoms. The summed E-state index contributed by atoms with van der Waals surface area (Å²) in [5, 5.41) is 21.6. The number of nitrogens with one attached hydrogen (secondary N) is 2. The zero-order valence-corrected chi connectivity index (χ0v) is 11.5. The highest BCUT2D eigenvalue weighted by Gasteiger charge is 2.21. The zero-order valence-electron chi connectivity index (χ0n) is 11.5. The lowest BCUT2D eigenvalue weighted by molar-refractivity contribution is 0.0953. The normalized spacial score (nSPS) is 10.6. The summed E-state index contributed by atoms with van der Waals surface area (Å²) in [5.74, 6) is -0.549. The van der Waals surface area contributed by atoms with E-state index in [1.807, 2.05) is 6.92 Å². The molecular weight excluding hydrogens is 273 g/mol. The number of carbonyl (C=O) groups is 1. The highest BCUT2D eigenvalue weighted by Crippen LogP contribution is 2.19. The van der Waals surface area contributed by atoms with Crippen LogP contribution in [-0.2, 0) is 0 Å². The highest BCUT2D eigenvalue weighted by atomic mass is 16.4. The highest BCUT2D eigenvalue weighted by molar-refractivity contribution is 6.61. The maximum atomic E-state index is 12.1. The van der Waals surface area contributed by atoms with Crippen LogP contribution in [0.1, 0.15) is 23.7 Å². The van der Waals surface area contributed by atoms with E-state index < -0.39 is 18.6 Å². The molecule has 0 bridgehead atoms. The van der Waals surface area contributed by atoms with Crippen molar-refractivity contribution in [2.45, 2.75) is 13.3 Å². The minimum absolute atomic E-state index is 0.0184. The topological polar surface area (TPSA) is 128 Å². The van der Waals surface area contributed by atoms with Crippen molar-refractivity contribution in [2.75, 3.05) is 12.3 Å². The quantitative estimate of drug-likeness (QED) is 0.458. The Morgan fingerprint density at radius 3 is 2.76 bits per heavy atom. The lowest BCUT2D eigenvalue weighted by Crippen LogP contribution is -2.35. The van der Waals surface area contributed by atoms with Crippen molar-refractivity contribution in [2.24, 2.45) is 0 Å². The molecule has 1 amide bonds. The van der Waals surface area contributed by atoms with Crippen LogP contribution in [0.3, 0.4) is 0 Å². The number of nitrogen functional groups attached to an aromatic ring is 1. The Balaban J connectivity index is 2.66. The van der Waals surface area contributed by atoms with Gasteiger partial charge in [-0.25, -0.2) is 0 Å². The number of hydrogen-bond donors (Lipinski definition) is 5. The molecule has 0 aliphatic rings. The van der Waals surface area contributed by atoms with Gasteiger partial charge in [0, 0.05) is 17.4 Å². The summed E-state index contributed by atoms with van der Waals surface area (Å²) in [5.41, 5.74) is 5.44. The summed E-state index contributed by atoms with van der Waals surface area (Å²) < 4.78 is 0. The van der Waals surface area contributed by atoms with E-state index in [0.29, 0.717) is 11.9 Å². The average Bonchev–Trinajstić information content (AvgIpc) is 2.44. The van der Waals surface area contributed by atoms with Gasteiger partial charge in [0.1, 0.15) is 5.56 Å². The predicted octanol–water partition coefficient (Wildman–Crippen LogP) is -1.07. The average molecular weight is 289 g/mol. The summed E-state index contributed by atoms with van der Waals surface area (Å²) in [6.45, 7) is 2.33. The number of rotatable bonds is 4. The van der Waals surface area contributed by atoms with Crippen molar-refractivity contribution in [3.63, 3.8) is 0 Å². The number of para-hydroxylation sites is 1. The number of benzene rings is 1. The van der Waals surface area contributed by atoms with E-state index in [-0.39, 0.29) is 22.2 Å². The van der Waals surface area contributed by atoms with Crippen LogP contribution in [0, 0.1) is 0 Å². The molecule has 1 aromatic carbocycles. The summed E-state index contributed by atoms with van der Waals surface area (Å²) in [4.78, 5) is 26.6. The van der Waals surface area contributed by atoms with Gasteiger partial charge in [-0.15, -0.1) is 0 Å². The van der Waals surface area contributed by atoms with Gasteiger partial charge in [-0.05, 0) is 6.42 Å². The van der Waals surface area contributed by atoms with Gasteiger partial charge in [-0.3, -0.25) is 9.59 Å². The number of nitrogens with two attached hydrogens (primary N) is 1. The van der Waals surface area contributed by atoms with Crippen LogP contribution < -0.4 is 22.1 Å². The SMILES string of the molecule is CCCNC(=O)c1c(N)c2cccc(B(O)O)c2[nH]c1=O. The largest absolute Gasteiger partial charge is 0.490 e. The third-order valence-electron chi connectivity index (χ3n) is 3.16. The molecule has 0 saturated carbocycles. The van der Waals surface area contributed by atoms with Crippen molar-refractivity contribution in [1.29, 1.82) is 0 Å². The lowest BCUT2D eigenvalue weighted by Gasteiger charge is -2.11. The molecular formula is C13H16BN3O4. The Labute approximate surface area is 120 Å². The maximum Gasteiger partial charge on any atom is 0.490 e. The van der Waals surface area contributed by atoms with Crippen molar-refractivity contribution < 1.29 is 14.8 Å². The predicted molar refractivity (Wildman–Crippen MR) is 81.4 cm³/mol. The van der Waals surface area contributed by atoms with Gasteiger partial charge in [0.05, 0.1) is 11.2 Å². The number of carbonyl (C=O) groups excluding carboxylic acids is 1. The fraction of sp³-hybridized carbons (Fsp3) is 0.231. The number of aromatic nitrogens is 1. The van der Waals surface area contributed by atoms with E-state index >= 15 is 0 Å². The minimum Gasteiger partial charge on any atom is -0.423 e. The molecule has 0 unspecified atom stereocenters. The molecule has 7 nitrogen and oxygen atoms in total.